The van der Waals surface area contributed by atoms with Crippen molar-refractivity contribution in [3.63, 3.8) is 0 Å². The zero-order valence-electron chi connectivity index (χ0n) is 8.92. The Morgan fingerprint density at radius 1 is 1.62 bits per heavy atom. The second-order valence-electron chi connectivity index (χ2n) is 3.95. The fraction of sp³-hybridized carbons (Fsp3) is 0.600. The van der Waals surface area contributed by atoms with E-state index < -0.39 is 0 Å². The van der Waals surface area contributed by atoms with E-state index in [4.69, 9.17) is 0 Å². The van der Waals surface area contributed by atoms with Crippen molar-refractivity contribution in [2.45, 2.75) is 25.3 Å². The fourth-order valence-electron chi connectivity index (χ4n) is 1.84. The van der Waals surface area contributed by atoms with Crippen LogP contribution in [0.25, 0.3) is 0 Å². The molecular formula is C10H15BrN4O. The van der Waals surface area contributed by atoms with Gasteiger partial charge in [0, 0.05) is 12.6 Å². The molecule has 1 aliphatic heterocycles. The molecule has 0 radical (unpaired) electrons. The highest BCUT2D eigenvalue weighted by Gasteiger charge is 2.16. The monoisotopic (exact) mass is 286 g/mol. The van der Waals surface area contributed by atoms with Gasteiger partial charge in [-0.1, -0.05) is 6.42 Å². The number of aromatic amines is 1. The number of aromatic nitrogens is 2. The fourth-order valence-corrected chi connectivity index (χ4v) is 2.22. The summed E-state index contributed by atoms with van der Waals surface area (Å²) in [6.07, 6.45) is 5.13. The highest BCUT2D eigenvalue weighted by molar-refractivity contribution is 9.10. The summed E-state index contributed by atoms with van der Waals surface area (Å²) in [7, 11) is 0. The summed E-state index contributed by atoms with van der Waals surface area (Å²) in [5.74, 6) is -0.0898. The number of carbonyl (C=O) groups is 1. The number of piperidine rings is 1. The molecule has 5 nitrogen and oxygen atoms in total. The maximum absolute atomic E-state index is 11.7. The average Bonchev–Trinajstić information content (AvgIpc) is 2.74. The van der Waals surface area contributed by atoms with Crippen molar-refractivity contribution in [3.05, 3.63) is 16.4 Å². The molecule has 2 rings (SSSR count). The van der Waals surface area contributed by atoms with Gasteiger partial charge in [0.15, 0.2) is 0 Å². The van der Waals surface area contributed by atoms with Gasteiger partial charge in [0.2, 0.25) is 0 Å². The van der Waals surface area contributed by atoms with Crippen molar-refractivity contribution in [2.75, 3.05) is 13.1 Å². The van der Waals surface area contributed by atoms with Gasteiger partial charge in [0.25, 0.3) is 5.91 Å². The maximum atomic E-state index is 11.7. The molecule has 1 fully saturated rings. The molecule has 3 N–H and O–H groups in total. The lowest BCUT2D eigenvalue weighted by atomic mass is 10.1. The lowest BCUT2D eigenvalue weighted by molar-refractivity contribution is 0.0947. The van der Waals surface area contributed by atoms with Gasteiger partial charge >= 0.3 is 0 Å². The van der Waals surface area contributed by atoms with E-state index in [9.17, 15) is 4.79 Å². The summed E-state index contributed by atoms with van der Waals surface area (Å²) in [5, 5.41) is 12.8. The molecule has 6 heteroatoms. The van der Waals surface area contributed by atoms with Crippen LogP contribution in [0.2, 0.25) is 0 Å². The number of hydrogen-bond donors (Lipinski definition) is 3. The van der Waals surface area contributed by atoms with Crippen LogP contribution < -0.4 is 10.6 Å². The third kappa shape index (κ3) is 2.82. The lowest BCUT2D eigenvalue weighted by Crippen LogP contribution is -2.43. The lowest BCUT2D eigenvalue weighted by Gasteiger charge is -2.23. The zero-order chi connectivity index (χ0) is 11.4. The van der Waals surface area contributed by atoms with Crippen LogP contribution in [0, 0.1) is 0 Å². The van der Waals surface area contributed by atoms with Crippen molar-refractivity contribution in [2.24, 2.45) is 0 Å². The van der Waals surface area contributed by atoms with E-state index in [0.717, 1.165) is 13.0 Å². The minimum Gasteiger partial charge on any atom is -0.350 e. The van der Waals surface area contributed by atoms with Crippen LogP contribution in [-0.4, -0.2) is 35.2 Å². The first kappa shape index (κ1) is 11.6. The first-order chi connectivity index (χ1) is 7.77. The van der Waals surface area contributed by atoms with Crippen LogP contribution >= 0.6 is 15.9 Å². The Kier molecular flexibility index (Phi) is 3.95. The van der Waals surface area contributed by atoms with Crippen molar-refractivity contribution >= 4 is 21.8 Å². The molecule has 1 unspecified atom stereocenters. The number of H-pyrrole nitrogens is 1. The summed E-state index contributed by atoms with van der Waals surface area (Å²) >= 11 is 3.24. The van der Waals surface area contributed by atoms with Gasteiger partial charge in [0.1, 0.15) is 4.60 Å². The molecule has 1 aromatic heterocycles. The summed E-state index contributed by atoms with van der Waals surface area (Å²) < 4.78 is 0.626. The maximum Gasteiger partial charge on any atom is 0.255 e. The van der Waals surface area contributed by atoms with Gasteiger partial charge in [-0.05, 0) is 35.3 Å². The first-order valence-corrected chi connectivity index (χ1v) is 6.27. The molecule has 1 saturated heterocycles. The summed E-state index contributed by atoms with van der Waals surface area (Å²) in [6.45, 7) is 1.73. The zero-order valence-corrected chi connectivity index (χ0v) is 10.5. The molecule has 0 spiro atoms. The molecule has 88 valence electrons. The molecule has 0 aliphatic carbocycles. The topological polar surface area (TPSA) is 69.8 Å². The summed E-state index contributed by atoms with van der Waals surface area (Å²) in [5.41, 5.74) is 0.552. The van der Waals surface area contributed by atoms with E-state index >= 15 is 0 Å². The number of hydrogen-bond acceptors (Lipinski definition) is 3. The Bertz CT molecular complexity index is 359. The van der Waals surface area contributed by atoms with Gasteiger partial charge in [0.05, 0.1) is 11.8 Å². The van der Waals surface area contributed by atoms with Crippen molar-refractivity contribution in [1.82, 2.24) is 20.8 Å². The number of nitrogens with zero attached hydrogens (tertiary/aromatic N) is 1. The van der Waals surface area contributed by atoms with Crippen LogP contribution in [0.3, 0.4) is 0 Å². The highest BCUT2D eigenvalue weighted by atomic mass is 79.9. The van der Waals surface area contributed by atoms with E-state index in [0.29, 0.717) is 22.8 Å². The quantitative estimate of drug-likeness (QED) is 0.778. The van der Waals surface area contributed by atoms with E-state index in [1.54, 1.807) is 0 Å². The van der Waals surface area contributed by atoms with E-state index in [1.807, 2.05) is 0 Å². The average molecular weight is 287 g/mol. The predicted octanol–water partition coefficient (Wildman–Crippen LogP) is 1.04. The molecule has 1 aliphatic rings. The van der Waals surface area contributed by atoms with E-state index in [-0.39, 0.29) is 5.91 Å². The van der Waals surface area contributed by atoms with Gasteiger partial charge in [-0.25, -0.2) is 0 Å². The molecule has 0 bridgehead atoms. The number of rotatable bonds is 3. The summed E-state index contributed by atoms with van der Waals surface area (Å²) in [4.78, 5) is 11.7. The Hall–Kier alpha value is -0.880. The normalized spacial score (nSPS) is 20.7. The van der Waals surface area contributed by atoms with Crippen molar-refractivity contribution < 1.29 is 4.79 Å². The molecule has 1 amide bonds. The highest BCUT2D eigenvalue weighted by Crippen LogP contribution is 2.12. The van der Waals surface area contributed by atoms with Crippen molar-refractivity contribution in [1.29, 1.82) is 0 Å². The molecule has 0 saturated carbocycles. The second kappa shape index (κ2) is 5.45. The molecular weight excluding hydrogens is 272 g/mol. The van der Waals surface area contributed by atoms with Gasteiger partial charge in [-0.3, -0.25) is 9.89 Å². The van der Waals surface area contributed by atoms with Crippen LogP contribution in [0.15, 0.2) is 10.8 Å². The third-order valence-electron chi connectivity index (χ3n) is 2.76. The Labute approximate surface area is 103 Å². The van der Waals surface area contributed by atoms with Crippen molar-refractivity contribution in [3.8, 4) is 0 Å². The smallest absolute Gasteiger partial charge is 0.255 e. The largest absolute Gasteiger partial charge is 0.350 e. The standard InChI is InChI=1S/C10H15BrN4O/c11-9-8(6-14-15-9)10(16)13-5-7-3-1-2-4-12-7/h6-7,12H,1-5H2,(H,13,16)(H,14,15). The van der Waals surface area contributed by atoms with Crippen LogP contribution in [0.4, 0.5) is 0 Å². The van der Waals surface area contributed by atoms with Crippen LogP contribution in [-0.2, 0) is 0 Å². The number of amides is 1. The Morgan fingerprint density at radius 2 is 2.50 bits per heavy atom. The number of carbonyl (C=O) groups excluding carboxylic acids is 1. The molecule has 1 aromatic rings. The molecule has 16 heavy (non-hydrogen) atoms. The summed E-state index contributed by atoms with van der Waals surface area (Å²) in [6, 6.07) is 0.406. The Morgan fingerprint density at radius 3 is 3.12 bits per heavy atom. The SMILES string of the molecule is O=C(NCC1CCCCN1)c1cn[nH]c1Br. The molecule has 1 atom stereocenters. The molecule has 0 aromatic carbocycles. The first-order valence-electron chi connectivity index (χ1n) is 5.48. The number of nitrogens with one attached hydrogen (secondary N) is 3. The number of halogens is 1. The van der Waals surface area contributed by atoms with Crippen LogP contribution in [0.1, 0.15) is 29.6 Å². The second-order valence-corrected chi connectivity index (χ2v) is 4.75. The minimum atomic E-state index is -0.0898. The minimum absolute atomic E-state index is 0.0898. The Balaban J connectivity index is 1.81. The van der Waals surface area contributed by atoms with Gasteiger partial charge in [-0.2, -0.15) is 5.10 Å². The third-order valence-corrected chi connectivity index (χ3v) is 3.36. The van der Waals surface area contributed by atoms with E-state index in [2.05, 4.69) is 36.8 Å². The van der Waals surface area contributed by atoms with E-state index in [1.165, 1.54) is 19.0 Å². The van der Waals surface area contributed by atoms with Crippen LogP contribution in [0.5, 0.6) is 0 Å². The van der Waals surface area contributed by atoms with Gasteiger partial charge < -0.3 is 10.6 Å². The predicted molar refractivity (Wildman–Crippen MR) is 64.3 cm³/mol. The molecule has 2 heterocycles. The van der Waals surface area contributed by atoms with Gasteiger partial charge in [-0.15, -0.1) is 0 Å².